The Morgan fingerprint density at radius 1 is 1.40 bits per heavy atom. The molecule has 2 rings (SSSR count). The van der Waals surface area contributed by atoms with Crippen molar-refractivity contribution in [2.24, 2.45) is 12.8 Å². The van der Waals surface area contributed by atoms with E-state index in [9.17, 15) is 0 Å². The lowest BCUT2D eigenvalue weighted by Crippen LogP contribution is -2.09. The molecule has 0 amide bonds. The van der Waals surface area contributed by atoms with Gasteiger partial charge in [0.15, 0.2) is 0 Å². The number of aromatic nitrogens is 1. The summed E-state index contributed by atoms with van der Waals surface area (Å²) < 4.78 is 2.22. The van der Waals surface area contributed by atoms with Gasteiger partial charge in [0.1, 0.15) is 0 Å². The zero-order valence-corrected chi connectivity index (χ0v) is 9.25. The number of aryl methyl sites for hydroxylation is 1. The lowest BCUT2D eigenvalue weighted by Gasteiger charge is -2.06. The van der Waals surface area contributed by atoms with Crippen LogP contribution in [0.25, 0.3) is 10.9 Å². The van der Waals surface area contributed by atoms with Crippen LogP contribution in [0, 0.1) is 0 Å². The maximum atomic E-state index is 5.74. The molecule has 0 saturated carbocycles. The highest BCUT2D eigenvalue weighted by Crippen LogP contribution is 2.22. The molecule has 0 bridgehead atoms. The molecule has 0 unspecified atom stereocenters. The Bertz CT molecular complexity index is 471. The van der Waals surface area contributed by atoms with Gasteiger partial charge < -0.3 is 15.6 Å². The van der Waals surface area contributed by atoms with E-state index in [0.717, 1.165) is 6.54 Å². The van der Waals surface area contributed by atoms with Gasteiger partial charge in [0.05, 0.1) is 5.52 Å². The lowest BCUT2D eigenvalue weighted by molar-refractivity contribution is 0.744. The van der Waals surface area contributed by atoms with E-state index in [1.165, 1.54) is 22.2 Å². The summed E-state index contributed by atoms with van der Waals surface area (Å²) in [4.78, 5) is 0. The SMILES string of the molecule is CNCc1cc2cccc(CN)c2n1C. The third kappa shape index (κ3) is 1.64. The maximum absolute atomic E-state index is 5.74. The zero-order valence-electron chi connectivity index (χ0n) is 9.25. The van der Waals surface area contributed by atoms with Gasteiger partial charge in [-0.2, -0.15) is 0 Å². The number of nitrogens with zero attached hydrogens (tertiary/aromatic N) is 1. The fourth-order valence-electron chi connectivity index (χ4n) is 2.07. The normalized spacial score (nSPS) is 11.1. The van der Waals surface area contributed by atoms with Crippen LogP contribution in [0.4, 0.5) is 0 Å². The van der Waals surface area contributed by atoms with E-state index in [2.05, 4.69) is 41.2 Å². The van der Waals surface area contributed by atoms with E-state index >= 15 is 0 Å². The molecule has 0 aliphatic heterocycles. The van der Waals surface area contributed by atoms with Crippen LogP contribution in [0.1, 0.15) is 11.3 Å². The molecule has 0 aliphatic carbocycles. The molecule has 1 heterocycles. The second-order valence-electron chi connectivity index (χ2n) is 3.78. The van der Waals surface area contributed by atoms with E-state index in [-0.39, 0.29) is 0 Å². The summed E-state index contributed by atoms with van der Waals surface area (Å²) in [6.07, 6.45) is 0. The number of rotatable bonds is 3. The number of benzene rings is 1. The van der Waals surface area contributed by atoms with E-state index in [0.29, 0.717) is 6.54 Å². The van der Waals surface area contributed by atoms with Crippen molar-refractivity contribution in [2.75, 3.05) is 7.05 Å². The van der Waals surface area contributed by atoms with Crippen molar-refractivity contribution in [1.82, 2.24) is 9.88 Å². The van der Waals surface area contributed by atoms with Crippen molar-refractivity contribution >= 4 is 10.9 Å². The van der Waals surface area contributed by atoms with E-state index in [4.69, 9.17) is 5.73 Å². The minimum absolute atomic E-state index is 0.591. The van der Waals surface area contributed by atoms with Gasteiger partial charge in [-0.25, -0.2) is 0 Å². The minimum atomic E-state index is 0.591. The van der Waals surface area contributed by atoms with Crippen LogP contribution < -0.4 is 11.1 Å². The van der Waals surface area contributed by atoms with Crippen LogP contribution in [0.15, 0.2) is 24.3 Å². The molecule has 2 aromatic rings. The van der Waals surface area contributed by atoms with Crippen LogP contribution in [-0.4, -0.2) is 11.6 Å². The molecule has 1 aromatic carbocycles. The summed E-state index contributed by atoms with van der Waals surface area (Å²) in [5.74, 6) is 0. The highest BCUT2D eigenvalue weighted by Gasteiger charge is 2.07. The van der Waals surface area contributed by atoms with Crippen molar-refractivity contribution in [3.8, 4) is 0 Å². The average Bonchev–Trinajstić information content (AvgIpc) is 2.57. The van der Waals surface area contributed by atoms with Crippen molar-refractivity contribution in [3.05, 3.63) is 35.5 Å². The number of para-hydroxylation sites is 1. The summed E-state index contributed by atoms with van der Waals surface area (Å²) in [6, 6.07) is 8.50. The molecule has 0 radical (unpaired) electrons. The maximum Gasteiger partial charge on any atom is 0.0525 e. The molecular formula is C12H17N3. The summed E-state index contributed by atoms with van der Waals surface area (Å²) in [5.41, 5.74) is 9.49. The Morgan fingerprint density at radius 2 is 2.20 bits per heavy atom. The first-order chi connectivity index (χ1) is 7.27. The van der Waals surface area contributed by atoms with Crippen LogP contribution in [-0.2, 0) is 20.1 Å². The molecule has 3 nitrogen and oxygen atoms in total. The van der Waals surface area contributed by atoms with Gasteiger partial charge in [-0.3, -0.25) is 0 Å². The Balaban J connectivity index is 2.65. The second-order valence-corrected chi connectivity index (χ2v) is 3.78. The summed E-state index contributed by atoms with van der Waals surface area (Å²) in [6.45, 7) is 1.48. The molecule has 3 N–H and O–H groups in total. The van der Waals surface area contributed by atoms with Gasteiger partial charge in [-0.05, 0) is 18.7 Å². The third-order valence-electron chi connectivity index (χ3n) is 2.82. The Hall–Kier alpha value is -1.32. The molecule has 3 heteroatoms. The number of hydrogen-bond donors (Lipinski definition) is 2. The smallest absolute Gasteiger partial charge is 0.0525 e. The van der Waals surface area contributed by atoms with Gasteiger partial charge in [0, 0.05) is 31.2 Å². The molecule has 0 spiro atoms. The first-order valence-corrected chi connectivity index (χ1v) is 5.18. The Kier molecular flexibility index (Phi) is 2.75. The van der Waals surface area contributed by atoms with E-state index in [1.807, 2.05) is 7.05 Å². The van der Waals surface area contributed by atoms with E-state index < -0.39 is 0 Å². The number of hydrogen-bond acceptors (Lipinski definition) is 2. The third-order valence-corrected chi connectivity index (χ3v) is 2.82. The predicted octanol–water partition coefficient (Wildman–Crippen LogP) is 1.36. The Labute approximate surface area is 89.9 Å². The monoisotopic (exact) mass is 203 g/mol. The predicted molar refractivity (Wildman–Crippen MR) is 63.6 cm³/mol. The van der Waals surface area contributed by atoms with Gasteiger partial charge in [-0.15, -0.1) is 0 Å². The Morgan fingerprint density at radius 3 is 2.87 bits per heavy atom. The van der Waals surface area contributed by atoms with Crippen LogP contribution in [0.2, 0.25) is 0 Å². The largest absolute Gasteiger partial charge is 0.346 e. The van der Waals surface area contributed by atoms with Crippen LogP contribution >= 0.6 is 0 Å². The second kappa shape index (κ2) is 4.04. The first-order valence-electron chi connectivity index (χ1n) is 5.18. The number of nitrogens with one attached hydrogen (secondary N) is 1. The molecule has 0 atom stereocenters. The highest BCUT2D eigenvalue weighted by atomic mass is 15.0. The summed E-state index contributed by atoms with van der Waals surface area (Å²) in [7, 11) is 4.05. The highest BCUT2D eigenvalue weighted by molar-refractivity contribution is 5.84. The average molecular weight is 203 g/mol. The summed E-state index contributed by atoms with van der Waals surface area (Å²) in [5, 5.41) is 4.44. The molecule has 0 saturated heterocycles. The van der Waals surface area contributed by atoms with Crippen LogP contribution in [0.5, 0.6) is 0 Å². The lowest BCUT2D eigenvalue weighted by atomic mass is 10.1. The van der Waals surface area contributed by atoms with Gasteiger partial charge >= 0.3 is 0 Å². The molecule has 15 heavy (non-hydrogen) atoms. The zero-order chi connectivity index (χ0) is 10.8. The molecule has 0 fully saturated rings. The van der Waals surface area contributed by atoms with Crippen LogP contribution in [0.3, 0.4) is 0 Å². The van der Waals surface area contributed by atoms with Crippen molar-refractivity contribution < 1.29 is 0 Å². The number of nitrogens with two attached hydrogens (primary N) is 1. The fourth-order valence-corrected chi connectivity index (χ4v) is 2.07. The van der Waals surface area contributed by atoms with Crippen molar-refractivity contribution in [2.45, 2.75) is 13.1 Å². The van der Waals surface area contributed by atoms with Crippen molar-refractivity contribution in [3.63, 3.8) is 0 Å². The quantitative estimate of drug-likeness (QED) is 0.791. The van der Waals surface area contributed by atoms with Gasteiger partial charge in [-0.1, -0.05) is 18.2 Å². The van der Waals surface area contributed by atoms with Gasteiger partial charge in [0.25, 0.3) is 0 Å². The topological polar surface area (TPSA) is 43.0 Å². The minimum Gasteiger partial charge on any atom is -0.346 e. The fraction of sp³-hybridized carbons (Fsp3) is 0.333. The summed E-state index contributed by atoms with van der Waals surface area (Å²) >= 11 is 0. The standard InChI is InChI=1S/C12H17N3/c1-14-8-11-6-9-4-3-5-10(7-13)12(9)15(11)2/h3-6,14H,7-8,13H2,1-2H3. The molecule has 1 aromatic heterocycles. The van der Waals surface area contributed by atoms with E-state index in [1.54, 1.807) is 0 Å². The van der Waals surface area contributed by atoms with Gasteiger partial charge in [0.2, 0.25) is 0 Å². The molecular weight excluding hydrogens is 186 g/mol. The number of fused-ring (bicyclic) bond motifs is 1. The first kappa shape index (κ1) is 10.2. The molecule has 80 valence electrons. The van der Waals surface area contributed by atoms with Crippen molar-refractivity contribution in [1.29, 1.82) is 0 Å². The molecule has 0 aliphatic rings.